The van der Waals surface area contributed by atoms with Crippen molar-refractivity contribution in [1.82, 2.24) is 5.32 Å². The number of nitrogens with one attached hydrogen (secondary N) is 1. The van der Waals surface area contributed by atoms with E-state index in [0.717, 1.165) is 32.2 Å². The van der Waals surface area contributed by atoms with Crippen LogP contribution in [0.25, 0.3) is 0 Å². The minimum Gasteiger partial charge on any atom is -0.389 e. The standard InChI is InChI=1S/C13H27NO/c1-3-12(4-2)14-11-13(15)9-7-5-6-8-10-13/h12,14-15H,3-11H2,1-2H3. The van der Waals surface area contributed by atoms with Crippen LogP contribution < -0.4 is 5.32 Å². The van der Waals surface area contributed by atoms with Crippen molar-refractivity contribution in [2.24, 2.45) is 0 Å². The SMILES string of the molecule is CCC(CC)NCC1(O)CCCCCC1. The Labute approximate surface area is 94.5 Å². The molecule has 1 saturated carbocycles. The van der Waals surface area contributed by atoms with Gasteiger partial charge in [0.05, 0.1) is 5.60 Å². The van der Waals surface area contributed by atoms with Gasteiger partial charge in [0.25, 0.3) is 0 Å². The van der Waals surface area contributed by atoms with Gasteiger partial charge in [0.2, 0.25) is 0 Å². The van der Waals surface area contributed by atoms with Crippen molar-refractivity contribution >= 4 is 0 Å². The molecule has 0 aromatic heterocycles. The lowest BCUT2D eigenvalue weighted by molar-refractivity contribution is 0.0225. The van der Waals surface area contributed by atoms with Crippen LogP contribution in [0.1, 0.15) is 65.2 Å². The van der Waals surface area contributed by atoms with Crippen LogP contribution in [0.2, 0.25) is 0 Å². The second-order valence-corrected chi connectivity index (χ2v) is 5.03. The summed E-state index contributed by atoms with van der Waals surface area (Å²) in [5.74, 6) is 0. The molecule has 0 atom stereocenters. The highest BCUT2D eigenvalue weighted by molar-refractivity contribution is 4.84. The first-order valence-corrected chi connectivity index (χ1v) is 6.66. The first-order valence-electron chi connectivity index (χ1n) is 6.66. The lowest BCUT2D eigenvalue weighted by atomic mass is 9.94. The predicted molar refractivity (Wildman–Crippen MR) is 65.0 cm³/mol. The summed E-state index contributed by atoms with van der Waals surface area (Å²) in [6.07, 6.45) is 9.28. The van der Waals surface area contributed by atoms with Crippen LogP contribution in [-0.4, -0.2) is 23.3 Å². The van der Waals surface area contributed by atoms with Crippen molar-refractivity contribution in [1.29, 1.82) is 0 Å². The maximum Gasteiger partial charge on any atom is 0.0771 e. The quantitative estimate of drug-likeness (QED) is 0.688. The van der Waals surface area contributed by atoms with Gasteiger partial charge in [0, 0.05) is 12.6 Å². The summed E-state index contributed by atoms with van der Waals surface area (Å²) >= 11 is 0. The molecule has 0 spiro atoms. The Bertz CT molecular complexity index is 158. The van der Waals surface area contributed by atoms with E-state index < -0.39 is 5.60 Å². The molecule has 2 nitrogen and oxygen atoms in total. The summed E-state index contributed by atoms with van der Waals surface area (Å²) in [7, 11) is 0. The predicted octanol–water partition coefficient (Wildman–Crippen LogP) is 2.85. The van der Waals surface area contributed by atoms with E-state index in [-0.39, 0.29) is 0 Å². The van der Waals surface area contributed by atoms with Gasteiger partial charge in [-0.2, -0.15) is 0 Å². The molecular weight excluding hydrogens is 186 g/mol. The summed E-state index contributed by atoms with van der Waals surface area (Å²) in [5.41, 5.74) is -0.418. The van der Waals surface area contributed by atoms with Crippen molar-refractivity contribution in [3.63, 3.8) is 0 Å². The fraction of sp³-hybridized carbons (Fsp3) is 1.00. The monoisotopic (exact) mass is 213 g/mol. The van der Waals surface area contributed by atoms with Gasteiger partial charge in [-0.3, -0.25) is 0 Å². The van der Waals surface area contributed by atoms with Gasteiger partial charge in [0.15, 0.2) is 0 Å². The lowest BCUT2D eigenvalue weighted by Gasteiger charge is -2.29. The molecule has 1 rings (SSSR count). The second-order valence-electron chi connectivity index (χ2n) is 5.03. The van der Waals surface area contributed by atoms with Crippen molar-refractivity contribution < 1.29 is 5.11 Å². The molecule has 1 aliphatic rings. The normalized spacial score (nSPS) is 21.6. The fourth-order valence-corrected chi connectivity index (χ4v) is 2.48. The van der Waals surface area contributed by atoms with E-state index in [9.17, 15) is 5.11 Å². The molecule has 1 aliphatic carbocycles. The molecule has 0 heterocycles. The van der Waals surface area contributed by atoms with E-state index in [1.807, 2.05) is 0 Å². The fourth-order valence-electron chi connectivity index (χ4n) is 2.48. The van der Waals surface area contributed by atoms with E-state index in [4.69, 9.17) is 0 Å². The average molecular weight is 213 g/mol. The van der Waals surface area contributed by atoms with E-state index >= 15 is 0 Å². The number of aliphatic hydroxyl groups is 1. The zero-order chi connectivity index (χ0) is 11.1. The summed E-state index contributed by atoms with van der Waals surface area (Å²) < 4.78 is 0. The molecule has 0 amide bonds. The molecule has 90 valence electrons. The molecular formula is C13H27NO. The molecule has 2 N–H and O–H groups in total. The van der Waals surface area contributed by atoms with Gasteiger partial charge in [0.1, 0.15) is 0 Å². The minimum atomic E-state index is -0.418. The highest BCUT2D eigenvalue weighted by atomic mass is 16.3. The van der Waals surface area contributed by atoms with Crippen LogP contribution in [0.15, 0.2) is 0 Å². The topological polar surface area (TPSA) is 32.3 Å². The Hall–Kier alpha value is -0.0800. The van der Waals surface area contributed by atoms with E-state index in [1.54, 1.807) is 0 Å². The van der Waals surface area contributed by atoms with Crippen LogP contribution in [0, 0.1) is 0 Å². The summed E-state index contributed by atoms with van der Waals surface area (Å²) in [6, 6.07) is 0.581. The van der Waals surface area contributed by atoms with E-state index in [1.165, 1.54) is 25.7 Å². The van der Waals surface area contributed by atoms with Gasteiger partial charge in [-0.15, -0.1) is 0 Å². The summed E-state index contributed by atoms with van der Waals surface area (Å²) in [5, 5.41) is 13.9. The van der Waals surface area contributed by atoms with Crippen molar-refractivity contribution in [3.8, 4) is 0 Å². The Morgan fingerprint density at radius 3 is 2.07 bits per heavy atom. The third-order valence-corrected chi connectivity index (χ3v) is 3.74. The second kappa shape index (κ2) is 6.49. The highest BCUT2D eigenvalue weighted by Gasteiger charge is 2.27. The van der Waals surface area contributed by atoms with Crippen LogP contribution in [0.4, 0.5) is 0 Å². The molecule has 0 saturated heterocycles. The third-order valence-electron chi connectivity index (χ3n) is 3.74. The minimum absolute atomic E-state index is 0.418. The molecule has 15 heavy (non-hydrogen) atoms. The zero-order valence-corrected chi connectivity index (χ0v) is 10.4. The van der Waals surface area contributed by atoms with Gasteiger partial charge in [-0.25, -0.2) is 0 Å². The van der Waals surface area contributed by atoms with E-state index in [2.05, 4.69) is 19.2 Å². The van der Waals surface area contributed by atoms with Crippen LogP contribution in [0.3, 0.4) is 0 Å². The average Bonchev–Trinajstić information content (AvgIpc) is 2.45. The largest absolute Gasteiger partial charge is 0.389 e. The smallest absolute Gasteiger partial charge is 0.0771 e. The van der Waals surface area contributed by atoms with Crippen LogP contribution in [-0.2, 0) is 0 Å². The third kappa shape index (κ3) is 4.52. The Morgan fingerprint density at radius 2 is 1.60 bits per heavy atom. The van der Waals surface area contributed by atoms with Crippen LogP contribution in [0.5, 0.6) is 0 Å². The first-order chi connectivity index (χ1) is 7.20. The van der Waals surface area contributed by atoms with Gasteiger partial charge >= 0.3 is 0 Å². The molecule has 2 heteroatoms. The summed E-state index contributed by atoms with van der Waals surface area (Å²) in [4.78, 5) is 0. The first kappa shape index (κ1) is 13.0. The van der Waals surface area contributed by atoms with Gasteiger partial charge < -0.3 is 10.4 Å². The Morgan fingerprint density at radius 1 is 1.07 bits per heavy atom. The number of rotatable bonds is 5. The maximum atomic E-state index is 10.4. The molecule has 0 aliphatic heterocycles. The maximum absolute atomic E-state index is 10.4. The molecule has 0 aromatic rings. The van der Waals surface area contributed by atoms with Crippen molar-refractivity contribution in [3.05, 3.63) is 0 Å². The summed E-state index contributed by atoms with van der Waals surface area (Å²) in [6.45, 7) is 5.20. The van der Waals surface area contributed by atoms with Crippen molar-refractivity contribution in [2.75, 3.05) is 6.54 Å². The molecule has 0 radical (unpaired) electrons. The zero-order valence-electron chi connectivity index (χ0n) is 10.4. The highest BCUT2D eigenvalue weighted by Crippen LogP contribution is 2.26. The Balaban J connectivity index is 2.33. The molecule has 0 aromatic carbocycles. The van der Waals surface area contributed by atoms with Gasteiger partial charge in [-0.05, 0) is 25.7 Å². The molecule has 0 unspecified atom stereocenters. The number of hydrogen-bond acceptors (Lipinski definition) is 2. The van der Waals surface area contributed by atoms with Gasteiger partial charge in [-0.1, -0.05) is 39.5 Å². The van der Waals surface area contributed by atoms with Crippen molar-refractivity contribution in [2.45, 2.75) is 76.9 Å². The lowest BCUT2D eigenvalue weighted by Crippen LogP contribution is -2.43. The molecule has 1 fully saturated rings. The molecule has 0 bridgehead atoms. The van der Waals surface area contributed by atoms with Crippen LogP contribution >= 0.6 is 0 Å². The Kier molecular flexibility index (Phi) is 5.62. The van der Waals surface area contributed by atoms with E-state index in [0.29, 0.717) is 6.04 Å². The number of hydrogen-bond donors (Lipinski definition) is 2.